The SMILES string of the molecule is O=C(O)CNC(=O)CCCCCN1C(=O)/C(=C/c2ccc(O)cc2O)SC1=S. The van der Waals surface area contributed by atoms with Crippen LogP contribution in [-0.2, 0) is 14.4 Å². The van der Waals surface area contributed by atoms with Gasteiger partial charge in [-0.1, -0.05) is 30.4 Å². The lowest BCUT2D eigenvalue weighted by Gasteiger charge is -2.14. The zero-order valence-electron chi connectivity index (χ0n) is 14.9. The van der Waals surface area contributed by atoms with E-state index in [-0.39, 0.29) is 29.7 Å². The Balaban J connectivity index is 1.81. The highest BCUT2D eigenvalue weighted by atomic mass is 32.2. The van der Waals surface area contributed by atoms with Crippen LogP contribution in [0, 0.1) is 0 Å². The molecule has 1 aromatic carbocycles. The van der Waals surface area contributed by atoms with Gasteiger partial charge in [-0.3, -0.25) is 19.3 Å². The van der Waals surface area contributed by atoms with Crippen LogP contribution in [-0.4, -0.2) is 55.4 Å². The maximum Gasteiger partial charge on any atom is 0.322 e. The normalized spacial score (nSPS) is 15.3. The van der Waals surface area contributed by atoms with Gasteiger partial charge < -0.3 is 20.6 Å². The summed E-state index contributed by atoms with van der Waals surface area (Å²) in [7, 11) is 0. The molecule has 2 amide bonds. The Labute approximate surface area is 171 Å². The fourth-order valence-corrected chi connectivity index (χ4v) is 3.78. The van der Waals surface area contributed by atoms with E-state index in [0.717, 1.165) is 11.8 Å². The van der Waals surface area contributed by atoms with Crippen molar-refractivity contribution in [2.24, 2.45) is 0 Å². The molecular weight excluding hydrogens is 404 g/mol. The van der Waals surface area contributed by atoms with E-state index in [2.05, 4.69) is 5.32 Å². The van der Waals surface area contributed by atoms with E-state index in [4.69, 9.17) is 17.3 Å². The van der Waals surface area contributed by atoms with Crippen molar-refractivity contribution in [3.05, 3.63) is 28.7 Å². The molecule has 0 bridgehead atoms. The summed E-state index contributed by atoms with van der Waals surface area (Å²) < 4.78 is 0.425. The van der Waals surface area contributed by atoms with E-state index in [1.54, 1.807) is 0 Å². The van der Waals surface area contributed by atoms with E-state index in [0.29, 0.717) is 40.6 Å². The van der Waals surface area contributed by atoms with Gasteiger partial charge >= 0.3 is 5.97 Å². The first kappa shape index (κ1) is 21.7. The molecule has 8 nitrogen and oxygen atoms in total. The molecule has 0 spiro atoms. The summed E-state index contributed by atoms with van der Waals surface area (Å²) in [6, 6.07) is 4.12. The number of hydrogen-bond donors (Lipinski definition) is 4. The van der Waals surface area contributed by atoms with Gasteiger partial charge in [-0.15, -0.1) is 0 Å². The predicted molar refractivity (Wildman–Crippen MR) is 109 cm³/mol. The summed E-state index contributed by atoms with van der Waals surface area (Å²) >= 11 is 6.39. The number of rotatable bonds is 9. The smallest absolute Gasteiger partial charge is 0.322 e. The number of carbonyl (C=O) groups is 3. The zero-order chi connectivity index (χ0) is 20.7. The minimum atomic E-state index is -1.09. The van der Waals surface area contributed by atoms with E-state index >= 15 is 0 Å². The number of aliphatic carboxylic acids is 1. The standard InChI is InChI=1S/C18H20N2O6S2/c21-12-6-5-11(13(22)9-12)8-14-17(26)20(18(27)28-14)7-3-1-2-4-15(23)19-10-16(24)25/h5-6,8-9,21-22H,1-4,7,10H2,(H,19,23)(H,24,25)/b14-8-. The number of carboxylic acid groups (broad SMARTS) is 1. The quantitative estimate of drug-likeness (QED) is 0.270. The number of nitrogens with zero attached hydrogens (tertiary/aromatic N) is 1. The highest BCUT2D eigenvalue weighted by Crippen LogP contribution is 2.34. The van der Waals surface area contributed by atoms with Gasteiger partial charge in [0.2, 0.25) is 5.91 Å². The van der Waals surface area contributed by atoms with Gasteiger partial charge in [0.1, 0.15) is 22.4 Å². The summed E-state index contributed by atoms with van der Waals surface area (Å²) in [5.74, 6) is -1.85. The Morgan fingerprint density at radius 3 is 2.64 bits per heavy atom. The van der Waals surface area contributed by atoms with Crippen LogP contribution >= 0.6 is 24.0 Å². The number of benzene rings is 1. The van der Waals surface area contributed by atoms with Gasteiger partial charge in [-0.05, 0) is 31.1 Å². The van der Waals surface area contributed by atoms with Gasteiger partial charge in [-0.25, -0.2) is 0 Å². The second kappa shape index (κ2) is 10.1. The molecule has 1 aromatic rings. The van der Waals surface area contributed by atoms with E-state index in [1.807, 2.05) is 0 Å². The lowest BCUT2D eigenvalue weighted by atomic mass is 10.1. The average molecular weight is 425 g/mol. The molecular formula is C18H20N2O6S2. The summed E-state index contributed by atoms with van der Waals surface area (Å²) in [5, 5.41) is 30.0. The number of carboxylic acids is 1. The van der Waals surface area contributed by atoms with Crippen LogP contribution in [0.15, 0.2) is 23.1 Å². The number of aromatic hydroxyl groups is 2. The number of thioether (sulfide) groups is 1. The maximum absolute atomic E-state index is 12.5. The lowest BCUT2D eigenvalue weighted by Crippen LogP contribution is -2.29. The van der Waals surface area contributed by atoms with Gasteiger partial charge in [0, 0.05) is 24.6 Å². The van der Waals surface area contributed by atoms with E-state index in [1.165, 1.54) is 29.2 Å². The Morgan fingerprint density at radius 1 is 1.21 bits per heavy atom. The van der Waals surface area contributed by atoms with E-state index in [9.17, 15) is 24.6 Å². The van der Waals surface area contributed by atoms with Crippen LogP contribution in [0.1, 0.15) is 31.2 Å². The summed E-state index contributed by atoms with van der Waals surface area (Å²) in [5.41, 5.74) is 0.408. The molecule has 0 saturated carbocycles. The number of phenolic OH excluding ortho intramolecular Hbond substituents is 2. The molecule has 1 saturated heterocycles. The molecule has 0 atom stereocenters. The Hall–Kier alpha value is -2.59. The van der Waals surface area contributed by atoms with Crippen molar-refractivity contribution < 1.29 is 29.7 Å². The van der Waals surface area contributed by atoms with Crippen molar-refractivity contribution in [3.8, 4) is 11.5 Å². The molecule has 1 aliphatic rings. The third-order valence-electron chi connectivity index (χ3n) is 3.90. The minimum absolute atomic E-state index is 0.0705. The Bertz CT molecular complexity index is 824. The van der Waals surface area contributed by atoms with Gasteiger partial charge in [0.15, 0.2) is 0 Å². The Kier molecular flexibility index (Phi) is 7.82. The summed E-state index contributed by atoms with van der Waals surface area (Å²) in [6.07, 6.45) is 3.68. The monoisotopic (exact) mass is 424 g/mol. The molecule has 0 unspecified atom stereocenters. The molecule has 28 heavy (non-hydrogen) atoms. The van der Waals surface area contributed by atoms with Gasteiger partial charge in [-0.2, -0.15) is 0 Å². The van der Waals surface area contributed by atoms with Crippen molar-refractivity contribution in [1.29, 1.82) is 0 Å². The fraction of sp³-hybridized carbons (Fsp3) is 0.333. The molecule has 1 fully saturated rings. The third-order valence-corrected chi connectivity index (χ3v) is 5.27. The van der Waals surface area contributed by atoms with Gasteiger partial charge in [0.25, 0.3) is 5.91 Å². The minimum Gasteiger partial charge on any atom is -0.508 e. The van der Waals surface area contributed by atoms with Crippen LogP contribution in [0.5, 0.6) is 11.5 Å². The second-order valence-electron chi connectivity index (χ2n) is 6.06. The van der Waals surface area contributed by atoms with Crippen LogP contribution in [0.2, 0.25) is 0 Å². The van der Waals surface area contributed by atoms with Crippen LogP contribution in [0.25, 0.3) is 6.08 Å². The molecule has 0 radical (unpaired) electrons. The molecule has 4 N–H and O–H groups in total. The van der Waals surface area contributed by atoms with E-state index < -0.39 is 12.5 Å². The fourth-order valence-electron chi connectivity index (χ4n) is 2.48. The number of phenols is 2. The highest BCUT2D eigenvalue weighted by molar-refractivity contribution is 8.26. The molecule has 2 rings (SSSR count). The van der Waals surface area contributed by atoms with Crippen molar-refractivity contribution in [2.45, 2.75) is 25.7 Å². The largest absolute Gasteiger partial charge is 0.508 e. The Morgan fingerprint density at radius 2 is 1.96 bits per heavy atom. The molecule has 0 aromatic heterocycles. The van der Waals surface area contributed by atoms with Crippen molar-refractivity contribution >= 4 is 52.2 Å². The number of amides is 2. The van der Waals surface area contributed by atoms with Crippen molar-refractivity contribution in [3.63, 3.8) is 0 Å². The number of unbranched alkanes of at least 4 members (excludes halogenated alkanes) is 2. The maximum atomic E-state index is 12.5. The number of hydrogen-bond acceptors (Lipinski definition) is 7. The summed E-state index contributed by atoms with van der Waals surface area (Å²) in [6.45, 7) is 0.0264. The molecule has 10 heteroatoms. The number of carbonyl (C=O) groups excluding carboxylic acids is 2. The first-order valence-corrected chi connectivity index (χ1v) is 9.76. The summed E-state index contributed by atoms with van der Waals surface area (Å²) in [4.78, 5) is 36.2. The van der Waals surface area contributed by atoms with Crippen molar-refractivity contribution in [1.82, 2.24) is 10.2 Å². The number of nitrogens with one attached hydrogen (secondary N) is 1. The first-order chi connectivity index (χ1) is 13.3. The highest BCUT2D eigenvalue weighted by Gasteiger charge is 2.31. The number of thiocarbonyl (C=S) groups is 1. The topological polar surface area (TPSA) is 127 Å². The van der Waals surface area contributed by atoms with Gasteiger partial charge in [0.05, 0.1) is 4.91 Å². The van der Waals surface area contributed by atoms with Crippen LogP contribution in [0.4, 0.5) is 0 Å². The average Bonchev–Trinajstić information content (AvgIpc) is 2.89. The zero-order valence-corrected chi connectivity index (χ0v) is 16.5. The van der Waals surface area contributed by atoms with Crippen molar-refractivity contribution in [2.75, 3.05) is 13.1 Å². The third kappa shape index (κ3) is 6.24. The van der Waals surface area contributed by atoms with Crippen LogP contribution in [0.3, 0.4) is 0 Å². The molecule has 1 aliphatic heterocycles. The molecule has 150 valence electrons. The predicted octanol–water partition coefficient (Wildman–Crippen LogP) is 2.06. The molecule has 0 aliphatic carbocycles. The molecule has 1 heterocycles. The lowest BCUT2D eigenvalue weighted by molar-refractivity contribution is -0.137. The first-order valence-electron chi connectivity index (χ1n) is 8.54. The van der Waals surface area contributed by atoms with Crippen LogP contribution < -0.4 is 5.32 Å². The second-order valence-corrected chi connectivity index (χ2v) is 7.73.